The van der Waals surface area contributed by atoms with Crippen molar-refractivity contribution < 1.29 is 4.52 Å². The minimum Gasteiger partial charge on any atom is -0.361 e. The summed E-state index contributed by atoms with van der Waals surface area (Å²) in [7, 11) is 0. The van der Waals surface area contributed by atoms with Crippen LogP contribution in [0.2, 0.25) is 5.02 Å². The minimum atomic E-state index is 0.445. The van der Waals surface area contributed by atoms with Crippen molar-refractivity contribution in [3.63, 3.8) is 0 Å². The zero-order valence-corrected chi connectivity index (χ0v) is 15.9. The largest absolute Gasteiger partial charge is 0.361 e. The normalized spacial score (nSPS) is 10.6. The average molecular weight is 367 g/mol. The molecule has 3 rings (SSSR count). The van der Waals surface area contributed by atoms with Crippen LogP contribution < -0.4 is 4.90 Å². The molecule has 0 spiro atoms. The zero-order valence-electron chi connectivity index (χ0n) is 15.2. The van der Waals surface area contributed by atoms with E-state index in [1.807, 2.05) is 45.2 Å². The van der Waals surface area contributed by atoms with Gasteiger partial charge in [-0.2, -0.15) is 5.26 Å². The molecular weight excluding hydrogens is 348 g/mol. The van der Waals surface area contributed by atoms with E-state index < -0.39 is 0 Å². The fraction of sp³-hybridized carbons (Fsp3) is 0.250. The molecule has 3 aromatic rings. The number of benzene rings is 1. The summed E-state index contributed by atoms with van der Waals surface area (Å²) in [4.78, 5) is 6.71. The highest BCUT2D eigenvalue weighted by Crippen LogP contribution is 2.34. The average Bonchev–Trinajstić information content (AvgIpc) is 2.96. The van der Waals surface area contributed by atoms with Gasteiger partial charge in [-0.3, -0.25) is 4.98 Å². The van der Waals surface area contributed by atoms with Crippen molar-refractivity contribution in [1.29, 1.82) is 5.26 Å². The van der Waals surface area contributed by atoms with Gasteiger partial charge in [-0.25, -0.2) is 0 Å². The third-order valence-corrected chi connectivity index (χ3v) is 4.67. The first-order valence-electron chi connectivity index (χ1n) is 8.33. The van der Waals surface area contributed by atoms with Crippen molar-refractivity contribution in [2.24, 2.45) is 0 Å². The van der Waals surface area contributed by atoms with E-state index >= 15 is 0 Å². The SMILES string of the molecule is CCN(c1ccc(C#N)c(Cl)c1)c1cc(-c2c(C)noc2C)ncc1C. The van der Waals surface area contributed by atoms with Gasteiger partial charge in [0.05, 0.1) is 27.5 Å². The van der Waals surface area contributed by atoms with Gasteiger partial charge in [0, 0.05) is 24.1 Å². The molecule has 2 aromatic heterocycles. The number of nitriles is 1. The van der Waals surface area contributed by atoms with Crippen molar-refractivity contribution in [2.45, 2.75) is 27.7 Å². The third kappa shape index (κ3) is 3.16. The lowest BCUT2D eigenvalue weighted by Gasteiger charge is -2.26. The van der Waals surface area contributed by atoms with Crippen molar-refractivity contribution in [3.8, 4) is 17.3 Å². The second kappa shape index (κ2) is 7.19. The summed E-state index contributed by atoms with van der Waals surface area (Å²) in [6.07, 6.45) is 1.85. The number of aryl methyl sites for hydroxylation is 3. The quantitative estimate of drug-likeness (QED) is 0.623. The minimum absolute atomic E-state index is 0.445. The molecule has 0 unspecified atom stereocenters. The van der Waals surface area contributed by atoms with Gasteiger partial charge in [-0.15, -0.1) is 0 Å². The number of pyridine rings is 1. The lowest BCUT2D eigenvalue weighted by Crippen LogP contribution is -2.17. The number of hydrogen-bond acceptors (Lipinski definition) is 5. The Labute approximate surface area is 157 Å². The fourth-order valence-corrected chi connectivity index (χ4v) is 3.26. The van der Waals surface area contributed by atoms with Crippen LogP contribution in [0.1, 0.15) is 29.5 Å². The molecule has 26 heavy (non-hydrogen) atoms. The smallest absolute Gasteiger partial charge is 0.143 e. The maximum Gasteiger partial charge on any atom is 0.143 e. The molecule has 0 radical (unpaired) electrons. The number of rotatable bonds is 4. The Morgan fingerprint density at radius 1 is 1.23 bits per heavy atom. The van der Waals surface area contributed by atoms with Crippen LogP contribution in [0.5, 0.6) is 0 Å². The first-order chi connectivity index (χ1) is 12.5. The topological polar surface area (TPSA) is 66.0 Å². The molecular formula is C20H19ClN4O. The number of aromatic nitrogens is 2. The first kappa shape index (κ1) is 18.0. The lowest BCUT2D eigenvalue weighted by molar-refractivity contribution is 0.393. The number of nitrogens with zero attached hydrogens (tertiary/aromatic N) is 4. The summed E-state index contributed by atoms with van der Waals surface area (Å²) >= 11 is 6.23. The summed E-state index contributed by atoms with van der Waals surface area (Å²) < 4.78 is 5.28. The maximum absolute atomic E-state index is 9.09. The Kier molecular flexibility index (Phi) is 4.97. The van der Waals surface area contributed by atoms with E-state index in [2.05, 4.69) is 28.0 Å². The molecule has 0 aliphatic carbocycles. The molecule has 0 aliphatic rings. The predicted molar refractivity (Wildman–Crippen MR) is 103 cm³/mol. The van der Waals surface area contributed by atoms with Gasteiger partial charge in [0.1, 0.15) is 11.8 Å². The molecule has 5 nitrogen and oxygen atoms in total. The van der Waals surface area contributed by atoms with E-state index in [9.17, 15) is 0 Å². The van der Waals surface area contributed by atoms with E-state index in [-0.39, 0.29) is 0 Å². The molecule has 2 heterocycles. The Morgan fingerprint density at radius 2 is 2.00 bits per heavy atom. The molecule has 0 amide bonds. The van der Waals surface area contributed by atoms with Crippen LogP contribution in [0.3, 0.4) is 0 Å². The molecule has 0 bridgehead atoms. The van der Waals surface area contributed by atoms with Gasteiger partial charge in [-0.05, 0) is 57.5 Å². The van der Waals surface area contributed by atoms with Gasteiger partial charge in [0.2, 0.25) is 0 Å². The summed E-state index contributed by atoms with van der Waals surface area (Å²) in [5, 5.41) is 13.6. The van der Waals surface area contributed by atoms with E-state index in [0.29, 0.717) is 10.6 Å². The van der Waals surface area contributed by atoms with Crippen LogP contribution >= 0.6 is 11.6 Å². The molecule has 1 aromatic carbocycles. The van der Waals surface area contributed by atoms with Crippen LogP contribution in [0.4, 0.5) is 11.4 Å². The predicted octanol–water partition coefficient (Wildman–Crippen LogP) is 5.34. The maximum atomic E-state index is 9.09. The monoisotopic (exact) mass is 366 g/mol. The number of anilines is 2. The summed E-state index contributed by atoms with van der Waals surface area (Å²) in [6.45, 7) is 8.63. The van der Waals surface area contributed by atoms with Crippen LogP contribution in [0.15, 0.2) is 35.0 Å². The highest BCUT2D eigenvalue weighted by molar-refractivity contribution is 6.32. The fourth-order valence-electron chi connectivity index (χ4n) is 3.04. The summed E-state index contributed by atoms with van der Waals surface area (Å²) in [6, 6.07) is 9.60. The van der Waals surface area contributed by atoms with Gasteiger partial charge in [-0.1, -0.05) is 16.8 Å². The second-order valence-corrected chi connectivity index (χ2v) is 6.48. The van der Waals surface area contributed by atoms with Crippen LogP contribution in [0, 0.1) is 32.1 Å². The van der Waals surface area contributed by atoms with Crippen LogP contribution in [0.25, 0.3) is 11.3 Å². The highest BCUT2D eigenvalue weighted by Gasteiger charge is 2.17. The van der Waals surface area contributed by atoms with Crippen molar-refractivity contribution in [1.82, 2.24) is 10.1 Å². The van der Waals surface area contributed by atoms with E-state index in [1.165, 1.54) is 0 Å². The van der Waals surface area contributed by atoms with Crippen molar-refractivity contribution >= 4 is 23.0 Å². The molecule has 132 valence electrons. The molecule has 0 saturated carbocycles. The molecule has 6 heteroatoms. The molecule has 0 fully saturated rings. The Morgan fingerprint density at radius 3 is 2.58 bits per heavy atom. The Bertz CT molecular complexity index is 984. The number of halogens is 1. The highest BCUT2D eigenvalue weighted by atomic mass is 35.5. The van der Waals surface area contributed by atoms with Crippen molar-refractivity contribution in [2.75, 3.05) is 11.4 Å². The number of hydrogen-bond donors (Lipinski definition) is 0. The van der Waals surface area contributed by atoms with E-state index in [1.54, 1.807) is 6.07 Å². The van der Waals surface area contributed by atoms with Crippen molar-refractivity contribution in [3.05, 3.63) is 58.1 Å². The van der Waals surface area contributed by atoms with E-state index in [0.717, 1.165) is 46.2 Å². The standard InChI is InChI=1S/C20H19ClN4O/c1-5-25(16-7-6-15(10-22)17(21)8-16)19-9-18(23-11-12(19)2)20-13(3)24-26-14(20)4/h6-9,11H,5H2,1-4H3. The second-order valence-electron chi connectivity index (χ2n) is 6.08. The van der Waals surface area contributed by atoms with Gasteiger partial charge in [0.15, 0.2) is 0 Å². The Hall–Kier alpha value is -2.84. The molecule has 0 atom stereocenters. The zero-order chi connectivity index (χ0) is 18.8. The lowest BCUT2D eigenvalue weighted by atomic mass is 10.1. The molecule has 0 N–H and O–H groups in total. The molecule has 0 aliphatic heterocycles. The van der Waals surface area contributed by atoms with Gasteiger partial charge in [0.25, 0.3) is 0 Å². The van der Waals surface area contributed by atoms with Gasteiger partial charge >= 0.3 is 0 Å². The van der Waals surface area contributed by atoms with Gasteiger partial charge < -0.3 is 9.42 Å². The van der Waals surface area contributed by atoms with Crippen LogP contribution in [-0.4, -0.2) is 16.7 Å². The van der Waals surface area contributed by atoms with E-state index in [4.69, 9.17) is 21.4 Å². The summed E-state index contributed by atoms with van der Waals surface area (Å²) in [5.41, 5.74) is 6.01. The first-order valence-corrected chi connectivity index (χ1v) is 8.71. The summed E-state index contributed by atoms with van der Waals surface area (Å²) in [5.74, 6) is 0.745. The molecule has 0 saturated heterocycles. The van der Waals surface area contributed by atoms with Crippen LogP contribution in [-0.2, 0) is 0 Å². The third-order valence-electron chi connectivity index (χ3n) is 4.36. The Balaban J connectivity index is 2.11.